The second-order valence-electron chi connectivity index (χ2n) is 3.63. The highest BCUT2D eigenvalue weighted by molar-refractivity contribution is 5.80. The van der Waals surface area contributed by atoms with Gasteiger partial charge in [-0.2, -0.15) is 13.8 Å². The molecule has 6 nitrogen and oxygen atoms in total. The van der Waals surface area contributed by atoms with Crippen LogP contribution in [0.4, 0.5) is 26.2 Å². The molecule has 0 aliphatic carbocycles. The number of nitrogen functional groups attached to an aromatic ring is 3. The fourth-order valence-corrected chi connectivity index (χ4v) is 1.52. The van der Waals surface area contributed by atoms with Crippen LogP contribution in [0.25, 0.3) is 11.3 Å². The van der Waals surface area contributed by atoms with Crippen molar-refractivity contribution in [2.24, 2.45) is 0 Å². The van der Waals surface area contributed by atoms with E-state index >= 15 is 0 Å². The molecule has 0 aliphatic rings. The van der Waals surface area contributed by atoms with Gasteiger partial charge in [0.15, 0.2) is 5.82 Å². The number of benzene rings is 1. The summed E-state index contributed by atoms with van der Waals surface area (Å²) < 4.78 is 28.3. The minimum atomic E-state index is -2.87. The first-order valence-corrected chi connectivity index (χ1v) is 5.21. The Morgan fingerprint density at radius 1 is 1.00 bits per heavy atom. The third kappa shape index (κ3) is 2.79. The standard InChI is InChI=1S/C11H11F2N5O/c12-10(13)19-6-3-1-5(2-4-6)8-7(14)9(15)18-11(16)17-8/h1-4,10H,14H2,(H4,15,16,17,18). The van der Waals surface area contributed by atoms with Crippen molar-refractivity contribution in [1.29, 1.82) is 0 Å². The van der Waals surface area contributed by atoms with Crippen LogP contribution in [0.1, 0.15) is 0 Å². The summed E-state index contributed by atoms with van der Waals surface area (Å²) in [7, 11) is 0. The lowest BCUT2D eigenvalue weighted by Gasteiger charge is -2.09. The van der Waals surface area contributed by atoms with Gasteiger partial charge in [0, 0.05) is 5.56 Å². The molecule has 1 aromatic carbocycles. The molecule has 0 unspecified atom stereocenters. The number of nitrogens with zero attached hydrogens (tertiary/aromatic N) is 2. The molecule has 0 bridgehead atoms. The van der Waals surface area contributed by atoms with Gasteiger partial charge in [-0.05, 0) is 24.3 Å². The Hall–Kier alpha value is -2.64. The van der Waals surface area contributed by atoms with Crippen molar-refractivity contribution in [1.82, 2.24) is 9.97 Å². The first-order valence-electron chi connectivity index (χ1n) is 5.21. The normalized spacial score (nSPS) is 10.7. The van der Waals surface area contributed by atoms with Crippen LogP contribution in [0.3, 0.4) is 0 Å². The quantitative estimate of drug-likeness (QED) is 0.776. The van der Waals surface area contributed by atoms with E-state index in [9.17, 15) is 8.78 Å². The van der Waals surface area contributed by atoms with Crippen molar-refractivity contribution in [3.05, 3.63) is 24.3 Å². The molecule has 0 spiro atoms. The fourth-order valence-electron chi connectivity index (χ4n) is 1.52. The van der Waals surface area contributed by atoms with Crippen LogP contribution in [0.2, 0.25) is 0 Å². The van der Waals surface area contributed by atoms with E-state index in [0.29, 0.717) is 11.3 Å². The lowest BCUT2D eigenvalue weighted by atomic mass is 10.1. The fraction of sp³-hybridized carbons (Fsp3) is 0.0909. The van der Waals surface area contributed by atoms with E-state index in [-0.39, 0.29) is 23.2 Å². The van der Waals surface area contributed by atoms with Crippen molar-refractivity contribution < 1.29 is 13.5 Å². The maximum atomic E-state index is 12.0. The zero-order valence-electron chi connectivity index (χ0n) is 9.68. The van der Waals surface area contributed by atoms with Gasteiger partial charge in [-0.3, -0.25) is 0 Å². The van der Waals surface area contributed by atoms with Crippen LogP contribution in [-0.2, 0) is 0 Å². The largest absolute Gasteiger partial charge is 0.435 e. The van der Waals surface area contributed by atoms with Gasteiger partial charge < -0.3 is 21.9 Å². The highest BCUT2D eigenvalue weighted by Crippen LogP contribution is 2.29. The predicted octanol–water partition coefficient (Wildman–Crippen LogP) is 1.49. The molecule has 0 amide bonds. The summed E-state index contributed by atoms with van der Waals surface area (Å²) in [6.07, 6.45) is 0. The Kier molecular flexibility index (Phi) is 3.32. The number of alkyl halides is 2. The van der Waals surface area contributed by atoms with E-state index < -0.39 is 6.61 Å². The third-order valence-corrected chi connectivity index (χ3v) is 2.35. The number of halogens is 2. The van der Waals surface area contributed by atoms with Crippen LogP contribution >= 0.6 is 0 Å². The highest BCUT2D eigenvalue weighted by atomic mass is 19.3. The molecule has 0 radical (unpaired) electrons. The summed E-state index contributed by atoms with van der Waals surface area (Å²) in [6.45, 7) is -2.87. The maximum absolute atomic E-state index is 12.0. The third-order valence-electron chi connectivity index (χ3n) is 2.35. The molecule has 0 saturated heterocycles. The van der Waals surface area contributed by atoms with Gasteiger partial charge in [0.25, 0.3) is 0 Å². The molecule has 1 heterocycles. The van der Waals surface area contributed by atoms with Crippen molar-refractivity contribution in [2.75, 3.05) is 17.2 Å². The summed E-state index contributed by atoms with van der Waals surface area (Å²) in [5, 5.41) is 0. The molecule has 100 valence electrons. The van der Waals surface area contributed by atoms with Gasteiger partial charge in [0.2, 0.25) is 5.95 Å². The molecule has 19 heavy (non-hydrogen) atoms. The van der Waals surface area contributed by atoms with E-state index in [1.807, 2.05) is 0 Å². The molecule has 0 saturated carbocycles. The Labute approximate surface area is 107 Å². The second kappa shape index (κ2) is 4.92. The smallest absolute Gasteiger partial charge is 0.387 e. The first-order chi connectivity index (χ1) is 8.97. The van der Waals surface area contributed by atoms with Crippen molar-refractivity contribution in [2.45, 2.75) is 6.61 Å². The molecule has 0 atom stereocenters. The Bertz CT molecular complexity index is 588. The molecular formula is C11H11F2N5O. The van der Waals surface area contributed by atoms with Gasteiger partial charge >= 0.3 is 6.61 Å². The van der Waals surface area contributed by atoms with E-state index in [1.54, 1.807) is 0 Å². The molecule has 6 N–H and O–H groups in total. The van der Waals surface area contributed by atoms with Crippen LogP contribution in [-0.4, -0.2) is 16.6 Å². The Morgan fingerprint density at radius 3 is 2.21 bits per heavy atom. The van der Waals surface area contributed by atoms with Gasteiger partial charge in [0.1, 0.15) is 17.1 Å². The minimum Gasteiger partial charge on any atom is -0.435 e. The van der Waals surface area contributed by atoms with Gasteiger partial charge in [-0.1, -0.05) is 0 Å². The lowest BCUT2D eigenvalue weighted by Crippen LogP contribution is -2.06. The summed E-state index contributed by atoms with van der Waals surface area (Å²) in [5.74, 6) is 0.0809. The monoisotopic (exact) mass is 267 g/mol. The molecule has 8 heteroatoms. The molecular weight excluding hydrogens is 256 g/mol. The summed E-state index contributed by atoms with van der Waals surface area (Å²) in [6, 6.07) is 5.79. The maximum Gasteiger partial charge on any atom is 0.387 e. The molecule has 0 aliphatic heterocycles. The van der Waals surface area contributed by atoms with Crippen LogP contribution < -0.4 is 21.9 Å². The van der Waals surface area contributed by atoms with Crippen molar-refractivity contribution in [3.63, 3.8) is 0 Å². The number of hydrogen-bond donors (Lipinski definition) is 3. The molecule has 2 aromatic rings. The van der Waals surface area contributed by atoms with Gasteiger partial charge in [0.05, 0.1) is 0 Å². The zero-order chi connectivity index (χ0) is 14.0. The van der Waals surface area contributed by atoms with E-state index in [2.05, 4.69) is 14.7 Å². The average Bonchev–Trinajstić information content (AvgIpc) is 2.34. The van der Waals surface area contributed by atoms with Crippen molar-refractivity contribution >= 4 is 17.5 Å². The number of anilines is 3. The van der Waals surface area contributed by atoms with Crippen LogP contribution in [0, 0.1) is 0 Å². The summed E-state index contributed by atoms with van der Waals surface area (Å²) >= 11 is 0. The molecule has 2 rings (SSSR count). The zero-order valence-corrected chi connectivity index (χ0v) is 9.68. The molecule has 1 aromatic heterocycles. The van der Waals surface area contributed by atoms with E-state index in [0.717, 1.165) is 0 Å². The number of nitrogens with two attached hydrogens (primary N) is 3. The summed E-state index contributed by atoms with van der Waals surface area (Å²) in [4.78, 5) is 7.68. The molecule has 0 fully saturated rings. The van der Waals surface area contributed by atoms with E-state index in [4.69, 9.17) is 17.2 Å². The van der Waals surface area contributed by atoms with Crippen LogP contribution in [0.15, 0.2) is 24.3 Å². The number of hydrogen-bond acceptors (Lipinski definition) is 6. The predicted molar refractivity (Wildman–Crippen MR) is 67.3 cm³/mol. The minimum absolute atomic E-state index is 0.0189. The van der Waals surface area contributed by atoms with Crippen molar-refractivity contribution in [3.8, 4) is 17.0 Å². The highest BCUT2D eigenvalue weighted by Gasteiger charge is 2.11. The average molecular weight is 267 g/mol. The number of rotatable bonds is 3. The second-order valence-corrected chi connectivity index (χ2v) is 3.63. The SMILES string of the molecule is Nc1nc(N)c(N)c(-c2ccc(OC(F)F)cc2)n1. The van der Waals surface area contributed by atoms with Gasteiger partial charge in [-0.15, -0.1) is 0 Å². The summed E-state index contributed by atoms with van der Waals surface area (Å²) in [5.41, 5.74) is 17.9. The topological polar surface area (TPSA) is 113 Å². The number of ether oxygens (including phenoxy) is 1. The Balaban J connectivity index is 2.37. The lowest BCUT2D eigenvalue weighted by molar-refractivity contribution is -0.0498. The first kappa shape index (κ1) is 12.8. The Morgan fingerprint density at radius 2 is 1.63 bits per heavy atom. The number of aromatic nitrogens is 2. The van der Waals surface area contributed by atoms with E-state index in [1.165, 1.54) is 24.3 Å². The van der Waals surface area contributed by atoms with Crippen LogP contribution in [0.5, 0.6) is 5.75 Å². The van der Waals surface area contributed by atoms with Gasteiger partial charge in [-0.25, -0.2) is 4.98 Å².